The van der Waals surface area contributed by atoms with Gasteiger partial charge < -0.3 is 4.98 Å². The molecule has 0 saturated carbocycles. The Morgan fingerprint density at radius 1 is 1.41 bits per heavy atom. The zero-order chi connectivity index (χ0) is 15.5. The summed E-state index contributed by atoms with van der Waals surface area (Å²) in [6.07, 6.45) is 2.07. The molecule has 0 bridgehead atoms. The summed E-state index contributed by atoms with van der Waals surface area (Å²) in [4.78, 5) is 21.2. The van der Waals surface area contributed by atoms with Gasteiger partial charge in [0, 0.05) is 30.8 Å². The van der Waals surface area contributed by atoms with Crippen LogP contribution in [-0.4, -0.2) is 28.0 Å². The van der Waals surface area contributed by atoms with Crippen molar-refractivity contribution >= 4 is 0 Å². The van der Waals surface area contributed by atoms with Gasteiger partial charge in [-0.25, -0.2) is 9.37 Å². The van der Waals surface area contributed by atoms with E-state index in [0.29, 0.717) is 0 Å². The van der Waals surface area contributed by atoms with Gasteiger partial charge in [0.15, 0.2) is 0 Å². The number of halogens is 1. The fourth-order valence-electron chi connectivity index (χ4n) is 3.11. The molecule has 1 unspecified atom stereocenters. The van der Waals surface area contributed by atoms with E-state index in [1.807, 2.05) is 13.0 Å². The van der Waals surface area contributed by atoms with Crippen LogP contribution in [0, 0.1) is 12.7 Å². The minimum Gasteiger partial charge on any atom is -0.310 e. The number of benzene rings is 1. The molecule has 1 saturated heterocycles. The lowest BCUT2D eigenvalue weighted by Crippen LogP contribution is -2.35. The fourth-order valence-corrected chi connectivity index (χ4v) is 3.11. The molecule has 116 valence electrons. The number of nitrogens with zero attached hydrogens (tertiary/aromatic N) is 2. The molecule has 1 atom stereocenters. The Bertz CT molecular complexity index is 713. The maximum atomic E-state index is 13.3. The van der Waals surface area contributed by atoms with Gasteiger partial charge in [-0.1, -0.05) is 12.1 Å². The zero-order valence-corrected chi connectivity index (χ0v) is 12.7. The maximum Gasteiger partial charge on any atom is 0.251 e. The Morgan fingerprint density at radius 2 is 2.27 bits per heavy atom. The van der Waals surface area contributed by atoms with Gasteiger partial charge in [-0.3, -0.25) is 9.69 Å². The number of rotatable bonds is 3. The van der Waals surface area contributed by atoms with Crippen LogP contribution in [0.25, 0.3) is 0 Å². The molecule has 0 aliphatic carbocycles. The standard InChI is InChI=1S/C17H20FN3O/c1-12-8-16(22)20-17(19-12)14-5-3-7-21(11-14)10-13-4-2-6-15(18)9-13/h2,4,6,8-9,14H,3,5,7,10-11H2,1H3,(H,19,20,22). The van der Waals surface area contributed by atoms with Crippen molar-refractivity contribution in [2.45, 2.75) is 32.2 Å². The second kappa shape index (κ2) is 6.40. The van der Waals surface area contributed by atoms with Crippen LogP contribution in [0.3, 0.4) is 0 Å². The second-order valence-corrected chi connectivity index (χ2v) is 5.98. The highest BCUT2D eigenvalue weighted by atomic mass is 19.1. The van der Waals surface area contributed by atoms with E-state index in [9.17, 15) is 9.18 Å². The summed E-state index contributed by atoms with van der Waals surface area (Å²) >= 11 is 0. The molecular weight excluding hydrogens is 281 g/mol. The molecule has 1 fully saturated rings. The number of H-pyrrole nitrogens is 1. The Labute approximate surface area is 129 Å². The maximum absolute atomic E-state index is 13.3. The Kier molecular flexibility index (Phi) is 4.34. The molecule has 1 aliphatic heterocycles. The van der Waals surface area contributed by atoms with Crippen molar-refractivity contribution in [3.05, 3.63) is 63.6 Å². The van der Waals surface area contributed by atoms with E-state index in [-0.39, 0.29) is 17.3 Å². The van der Waals surface area contributed by atoms with E-state index >= 15 is 0 Å². The Hall–Kier alpha value is -2.01. The SMILES string of the molecule is Cc1cc(=O)[nH]c(C2CCCN(Cc3cccc(F)c3)C2)n1. The predicted octanol–water partition coefficient (Wildman–Crippen LogP) is 2.60. The van der Waals surface area contributed by atoms with Crippen LogP contribution in [0.2, 0.25) is 0 Å². The lowest BCUT2D eigenvalue weighted by Gasteiger charge is -2.32. The molecule has 2 aromatic rings. The van der Waals surface area contributed by atoms with Gasteiger partial charge in [0.2, 0.25) is 0 Å². The molecule has 1 aliphatic rings. The summed E-state index contributed by atoms with van der Waals surface area (Å²) in [5.41, 5.74) is 1.64. The molecule has 3 rings (SSSR count). The summed E-state index contributed by atoms with van der Waals surface area (Å²) < 4.78 is 13.3. The lowest BCUT2D eigenvalue weighted by atomic mass is 9.96. The van der Waals surface area contributed by atoms with Crippen molar-refractivity contribution in [2.75, 3.05) is 13.1 Å². The summed E-state index contributed by atoms with van der Waals surface area (Å²) in [5, 5.41) is 0. The van der Waals surface area contributed by atoms with Gasteiger partial charge in [0.05, 0.1) is 0 Å². The first-order valence-electron chi connectivity index (χ1n) is 7.65. The number of aromatic nitrogens is 2. The van der Waals surface area contributed by atoms with Gasteiger partial charge in [-0.15, -0.1) is 0 Å². The molecular formula is C17H20FN3O. The number of hydrogen-bond acceptors (Lipinski definition) is 3. The lowest BCUT2D eigenvalue weighted by molar-refractivity contribution is 0.196. The Balaban J connectivity index is 1.72. The van der Waals surface area contributed by atoms with E-state index < -0.39 is 0 Å². The fraction of sp³-hybridized carbons (Fsp3) is 0.412. The van der Waals surface area contributed by atoms with Gasteiger partial charge >= 0.3 is 0 Å². The molecule has 1 aromatic heterocycles. The predicted molar refractivity (Wildman–Crippen MR) is 83.2 cm³/mol. The molecule has 4 nitrogen and oxygen atoms in total. The highest BCUT2D eigenvalue weighted by Crippen LogP contribution is 2.25. The van der Waals surface area contributed by atoms with E-state index in [0.717, 1.165) is 49.6 Å². The van der Waals surface area contributed by atoms with Gasteiger partial charge in [0.1, 0.15) is 11.6 Å². The molecule has 1 aromatic carbocycles. The van der Waals surface area contributed by atoms with Crippen LogP contribution >= 0.6 is 0 Å². The molecule has 0 amide bonds. The topological polar surface area (TPSA) is 49.0 Å². The highest BCUT2D eigenvalue weighted by molar-refractivity contribution is 5.16. The molecule has 2 heterocycles. The third kappa shape index (κ3) is 3.60. The monoisotopic (exact) mass is 301 g/mol. The quantitative estimate of drug-likeness (QED) is 0.948. The summed E-state index contributed by atoms with van der Waals surface area (Å²) in [6.45, 7) is 4.39. The molecule has 22 heavy (non-hydrogen) atoms. The van der Waals surface area contributed by atoms with E-state index in [2.05, 4.69) is 14.9 Å². The normalized spacial score (nSPS) is 19.3. The number of likely N-dealkylation sites (tertiary alicyclic amines) is 1. The largest absolute Gasteiger partial charge is 0.310 e. The Morgan fingerprint density at radius 3 is 3.05 bits per heavy atom. The average molecular weight is 301 g/mol. The van der Waals surface area contributed by atoms with E-state index in [4.69, 9.17) is 0 Å². The third-order valence-electron chi connectivity index (χ3n) is 4.08. The van der Waals surface area contributed by atoms with Gasteiger partial charge in [0.25, 0.3) is 5.56 Å². The summed E-state index contributed by atoms with van der Waals surface area (Å²) in [7, 11) is 0. The van der Waals surface area contributed by atoms with Crippen molar-refractivity contribution in [3.63, 3.8) is 0 Å². The first-order chi connectivity index (χ1) is 10.6. The van der Waals surface area contributed by atoms with Crippen LogP contribution in [0.1, 0.15) is 35.8 Å². The van der Waals surface area contributed by atoms with E-state index in [1.54, 1.807) is 12.1 Å². The number of aryl methyl sites for hydroxylation is 1. The molecule has 1 N–H and O–H groups in total. The van der Waals surface area contributed by atoms with Gasteiger partial charge in [-0.05, 0) is 44.0 Å². The van der Waals surface area contributed by atoms with Crippen LogP contribution < -0.4 is 5.56 Å². The third-order valence-corrected chi connectivity index (χ3v) is 4.08. The molecule has 0 spiro atoms. The zero-order valence-electron chi connectivity index (χ0n) is 12.7. The number of aromatic amines is 1. The molecule has 0 radical (unpaired) electrons. The smallest absolute Gasteiger partial charge is 0.251 e. The summed E-state index contributed by atoms with van der Waals surface area (Å²) in [5.74, 6) is 0.805. The first-order valence-corrected chi connectivity index (χ1v) is 7.65. The highest BCUT2D eigenvalue weighted by Gasteiger charge is 2.23. The number of nitrogens with one attached hydrogen (secondary N) is 1. The van der Waals surface area contributed by atoms with Crippen molar-refractivity contribution < 1.29 is 4.39 Å². The molecule has 5 heteroatoms. The number of hydrogen-bond donors (Lipinski definition) is 1. The van der Waals surface area contributed by atoms with Crippen molar-refractivity contribution in [2.24, 2.45) is 0 Å². The van der Waals surface area contributed by atoms with Gasteiger partial charge in [-0.2, -0.15) is 0 Å². The van der Waals surface area contributed by atoms with Crippen LogP contribution in [-0.2, 0) is 6.54 Å². The second-order valence-electron chi connectivity index (χ2n) is 5.98. The summed E-state index contributed by atoms with van der Waals surface area (Å²) in [6, 6.07) is 8.24. The van der Waals surface area contributed by atoms with Crippen molar-refractivity contribution in [1.29, 1.82) is 0 Å². The van der Waals surface area contributed by atoms with Crippen LogP contribution in [0.15, 0.2) is 35.1 Å². The van der Waals surface area contributed by atoms with Crippen LogP contribution in [0.4, 0.5) is 4.39 Å². The number of piperidine rings is 1. The van der Waals surface area contributed by atoms with Crippen molar-refractivity contribution in [1.82, 2.24) is 14.9 Å². The average Bonchev–Trinajstić information content (AvgIpc) is 2.46. The van der Waals surface area contributed by atoms with Crippen LogP contribution in [0.5, 0.6) is 0 Å². The van der Waals surface area contributed by atoms with E-state index in [1.165, 1.54) is 12.1 Å². The van der Waals surface area contributed by atoms with Crippen molar-refractivity contribution in [3.8, 4) is 0 Å². The minimum atomic E-state index is -0.198. The first kappa shape index (κ1) is 14.9. The minimum absolute atomic E-state index is 0.0928.